The molecular formula is C22H22FN5O2. The van der Waals surface area contributed by atoms with Crippen LogP contribution in [0.3, 0.4) is 0 Å². The first-order valence-corrected chi connectivity index (χ1v) is 9.99. The van der Waals surface area contributed by atoms with Crippen LogP contribution >= 0.6 is 0 Å². The minimum atomic E-state index is -0.343. The summed E-state index contributed by atoms with van der Waals surface area (Å²) in [6.45, 7) is 4.67. The number of aromatic amines is 1. The average molecular weight is 407 g/mol. The molecule has 0 aliphatic carbocycles. The van der Waals surface area contributed by atoms with Gasteiger partial charge in [-0.25, -0.2) is 9.37 Å². The number of benzene rings is 1. The fourth-order valence-electron chi connectivity index (χ4n) is 4.58. The first-order valence-electron chi connectivity index (χ1n) is 9.99. The number of rotatable bonds is 3. The summed E-state index contributed by atoms with van der Waals surface area (Å²) < 4.78 is 13.8. The number of carbonyl (C=O) groups excluding carboxylic acids is 1. The molecule has 2 saturated heterocycles. The van der Waals surface area contributed by atoms with E-state index in [-0.39, 0.29) is 17.6 Å². The van der Waals surface area contributed by atoms with Crippen LogP contribution in [-0.4, -0.2) is 57.3 Å². The zero-order valence-corrected chi connectivity index (χ0v) is 16.5. The van der Waals surface area contributed by atoms with E-state index in [4.69, 9.17) is 0 Å². The molecular weight excluding hydrogens is 385 g/mol. The van der Waals surface area contributed by atoms with Crippen LogP contribution in [0.5, 0.6) is 5.88 Å². The Labute approximate surface area is 173 Å². The number of fused-ring (bicyclic) bond motifs is 1. The van der Waals surface area contributed by atoms with Gasteiger partial charge in [-0.2, -0.15) is 0 Å². The molecule has 0 bridgehead atoms. The number of aromatic nitrogens is 3. The summed E-state index contributed by atoms with van der Waals surface area (Å²) in [4.78, 5) is 21.5. The third kappa shape index (κ3) is 3.08. The SMILES string of the molecule is Cc1c(F)cccc1C(=O)N1CC2CN(c3ccc(-c4c[nH]nc4O)cn3)CC2C1. The van der Waals surface area contributed by atoms with Crippen molar-refractivity contribution in [2.45, 2.75) is 6.92 Å². The first-order chi connectivity index (χ1) is 14.5. The fraction of sp³-hybridized carbons (Fsp3) is 0.318. The van der Waals surface area contributed by atoms with Gasteiger partial charge in [0.1, 0.15) is 11.6 Å². The first kappa shape index (κ1) is 18.6. The highest BCUT2D eigenvalue weighted by Crippen LogP contribution is 2.35. The molecule has 2 atom stereocenters. The normalized spacial score (nSPS) is 20.6. The number of pyridine rings is 1. The lowest BCUT2D eigenvalue weighted by Crippen LogP contribution is -2.33. The summed E-state index contributed by atoms with van der Waals surface area (Å²) in [5.74, 6) is 1.16. The summed E-state index contributed by atoms with van der Waals surface area (Å²) in [6.07, 6.45) is 3.37. The van der Waals surface area contributed by atoms with Gasteiger partial charge < -0.3 is 14.9 Å². The predicted molar refractivity (Wildman–Crippen MR) is 110 cm³/mol. The van der Waals surface area contributed by atoms with E-state index in [9.17, 15) is 14.3 Å². The molecule has 0 saturated carbocycles. The number of nitrogens with zero attached hydrogens (tertiary/aromatic N) is 4. The molecule has 1 amide bonds. The monoisotopic (exact) mass is 407 g/mol. The number of amides is 1. The van der Waals surface area contributed by atoms with Crippen molar-refractivity contribution in [2.75, 3.05) is 31.1 Å². The Morgan fingerprint density at radius 3 is 2.57 bits per heavy atom. The summed E-state index contributed by atoms with van der Waals surface area (Å²) in [5.41, 5.74) is 2.28. The summed E-state index contributed by atoms with van der Waals surface area (Å²) >= 11 is 0. The maximum Gasteiger partial charge on any atom is 0.254 e. The van der Waals surface area contributed by atoms with E-state index in [0.717, 1.165) is 24.5 Å². The molecule has 30 heavy (non-hydrogen) atoms. The Morgan fingerprint density at radius 1 is 1.17 bits per heavy atom. The lowest BCUT2D eigenvalue weighted by Gasteiger charge is -2.23. The van der Waals surface area contributed by atoms with Crippen molar-refractivity contribution in [3.8, 4) is 17.0 Å². The highest BCUT2D eigenvalue weighted by molar-refractivity contribution is 5.95. The van der Waals surface area contributed by atoms with Gasteiger partial charge in [-0.3, -0.25) is 9.89 Å². The van der Waals surface area contributed by atoms with Crippen LogP contribution in [0.25, 0.3) is 11.1 Å². The van der Waals surface area contributed by atoms with Gasteiger partial charge in [0.15, 0.2) is 0 Å². The van der Waals surface area contributed by atoms with Crippen LogP contribution in [-0.2, 0) is 0 Å². The summed E-state index contributed by atoms with van der Waals surface area (Å²) in [6, 6.07) is 8.54. The number of likely N-dealkylation sites (tertiary alicyclic amines) is 1. The number of aromatic hydroxyl groups is 1. The zero-order chi connectivity index (χ0) is 20.8. The lowest BCUT2D eigenvalue weighted by molar-refractivity contribution is 0.0781. The second-order valence-electron chi connectivity index (χ2n) is 8.08. The third-order valence-electron chi connectivity index (χ3n) is 6.27. The lowest BCUT2D eigenvalue weighted by atomic mass is 10.0. The molecule has 8 heteroatoms. The van der Waals surface area contributed by atoms with Crippen LogP contribution in [0, 0.1) is 24.6 Å². The van der Waals surface area contributed by atoms with Gasteiger partial charge in [-0.1, -0.05) is 6.07 Å². The largest absolute Gasteiger partial charge is 0.492 e. The molecule has 2 aromatic heterocycles. The number of halogens is 1. The summed E-state index contributed by atoms with van der Waals surface area (Å²) in [5, 5.41) is 16.1. The Kier molecular flexibility index (Phi) is 4.42. The number of hydrogen-bond acceptors (Lipinski definition) is 5. The molecule has 3 aromatic rings. The van der Waals surface area contributed by atoms with Gasteiger partial charge in [0.25, 0.3) is 5.91 Å². The van der Waals surface area contributed by atoms with Crippen LogP contribution < -0.4 is 4.90 Å². The van der Waals surface area contributed by atoms with Crippen molar-refractivity contribution in [2.24, 2.45) is 11.8 Å². The molecule has 2 aliphatic heterocycles. The van der Waals surface area contributed by atoms with E-state index < -0.39 is 0 Å². The molecule has 5 rings (SSSR count). The zero-order valence-electron chi connectivity index (χ0n) is 16.5. The van der Waals surface area contributed by atoms with E-state index in [0.29, 0.717) is 41.6 Å². The van der Waals surface area contributed by atoms with Crippen molar-refractivity contribution >= 4 is 11.7 Å². The van der Waals surface area contributed by atoms with Crippen LogP contribution in [0.4, 0.5) is 10.2 Å². The van der Waals surface area contributed by atoms with Gasteiger partial charge >= 0.3 is 0 Å². The maximum absolute atomic E-state index is 13.8. The van der Waals surface area contributed by atoms with Gasteiger partial charge in [0.05, 0.1) is 5.56 Å². The maximum atomic E-state index is 13.8. The highest BCUT2D eigenvalue weighted by atomic mass is 19.1. The average Bonchev–Trinajstić information content (AvgIpc) is 3.44. The van der Waals surface area contributed by atoms with Gasteiger partial charge in [0, 0.05) is 61.5 Å². The van der Waals surface area contributed by atoms with Gasteiger partial charge in [-0.15, -0.1) is 5.10 Å². The van der Waals surface area contributed by atoms with E-state index in [1.54, 1.807) is 31.5 Å². The number of carbonyl (C=O) groups is 1. The molecule has 2 N–H and O–H groups in total. The molecule has 7 nitrogen and oxygen atoms in total. The third-order valence-corrected chi connectivity index (χ3v) is 6.27. The van der Waals surface area contributed by atoms with Crippen LogP contribution in [0.1, 0.15) is 15.9 Å². The molecule has 1 aromatic carbocycles. The molecule has 4 heterocycles. The molecule has 2 unspecified atom stereocenters. The topological polar surface area (TPSA) is 85.4 Å². The van der Waals surface area contributed by atoms with Crippen molar-refractivity contribution in [3.05, 3.63) is 59.7 Å². The highest BCUT2D eigenvalue weighted by Gasteiger charge is 2.42. The molecule has 2 fully saturated rings. The standard InChI is InChI=1S/C22H22FN5O2/c1-13-17(3-2-4-19(13)23)22(30)28-11-15-9-27(10-16(15)12-28)20-6-5-14(7-24-20)18-8-25-26-21(18)29/h2-8,15-16H,9-12H2,1H3,(H2,25,26,29). The smallest absolute Gasteiger partial charge is 0.254 e. The Hall–Kier alpha value is -3.42. The van der Waals surface area contributed by atoms with Crippen molar-refractivity contribution in [3.63, 3.8) is 0 Å². The van der Waals surface area contributed by atoms with Crippen molar-refractivity contribution in [1.29, 1.82) is 0 Å². The second-order valence-corrected chi connectivity index (χ2v) is 8.08. The number of H-pyrrole nitrogens is 1. The Morgan fingerprint density at radius 2 is 1.93 bits per heavy atom. The molecule has 154 valence electrons. The van der Waals surface area contributed by atoms with E-state index in [1.807, 2.05) is 17.0 Å². The number of hydrogen-bond donors (Lipinski definition) is 2. The summed E-state index contributed by atoms with van der Waals surface area (Å²) in [7, 11) is 0. The molecule has 0 spiro atoms. The fourth-order valence-corrected chi connectivity index (χ4v) is 4.58. The van der Waals surface area contributed by atoms with E-state index >= 15 is 0 Å². The minimum absolute atomic E-state index is 0.0430. The van der Waals surface area contributed by atoms with Crippen molar-refractivity contribution < 1.29 is 14.3 Å². The number of nitrogens with one attached hydrogen (secondary N) is 1. The van der Waals surface area contributed by atoms with Gasteiger partial charge in [0.2, 0.25) is 5.88 Å². The minimum Gasteiger partial charge on any atom is -0.492 e. The molecule has 2 aliphatic rings. The predicted octanol–water partition coefficient (Wildman–Crippen LogP) is 2.83. The second kappa shape index (κ2) is 7.12. The molecule has 0 radical (unpaired) electrons. The quantitative estimate of drug-likeness (QED) is 0.697. The van der Waals surface area contributed by atoms with Gasteiger partial charge in [-0.05, 0) is 36.8 Å². The van der Waals surface area contributed by atoms with E-state index in [1.165, 1.54) is 6.07 Å². The Bertz CT molecular complexity index is 1080. The Balaban J connectivity index is 1.25. The van der Waals surface area contributed by atoms with E-state index in [2.05, 4.69) is 20.1 Å². The van der Waals surface area contributed by atoms with Crippen LogP contribution in [0.2, 0.25) is 0 Å². The van der Waals surface area contributed by atoms with Crippen LogP contribution in [0.15, 0.2) is 42.7 Å². The number of anilines is 1. The van der Waals surface area contributed by atoms with Crippen molar-refractivity contribution in [1.82, 2.24) is 20.1 Å².